The van der Waals surface area contributed by atoms with Crippen LogP contribution in [-0.2, 0) is 24.3 Å². The number of nitrogens with one attached hydrogen (secondary N) is 1. The van der Waals surface area contributed by atoms with Gasteiger partial charge in [0.15, 0.2) is 0 Å². The van der Waals surface area contributed by atoms with Crippen LogP contribution >= 0.6 is 24.8 Å². The summed E-state index contributed by atoms with van der Waals surface area (Å²) in [6.07, 6.45) is 4.87. The number of carboxylic acid groups (broad SMARTS) is 1. The third kappa shape index (κ3) is 5.31. The Labute approximate surface area is 200 Å². The van der Waals surface area contributed by atoms with Crippen LogP contribution < -0.4 is 5.32 Å². The highest BCUT2D eigenvalue weighted by molar-refractivity contribution is 5.85. The summed E-state index contributed by atoms with van der Waals surface area (Å²) in [6.45, 7) is 8.40. The van der Waals surface area contributed by atoms with Gasteiger partial charge in [-0.2, -0.15) is 0 Å². The van der Waals surface area contributed by atoms with Crippen LogP contribution in [0.2, 0.25) is 0 Å². The van der Waals surface area contributed by atoms with Crippen molar-refractivity contribution in [2.75, 3.05) is 6.54 Å². The zero-order valence-corrected chi connectivity index (χ0v) is 19.8. The molecule has 0 spiro atoms. The molecule has 0 aliphatic carbocycles. The molecule has 2 N–H and O–H groups in total. The van der Waals surface area contributed by atoms with E-state index in [1.165, 1.54) is 11.1 Å². The second-order valence-electron chi connectivity index (χ2n) is 8.00. The van der Waals surface area contributed by atoms with Crippen LogP contribution in [0, 0.1) is 6.92 Å². The minimum absolute atomic E-state index is 0. The lowest BCUT2D eigenvalue weighted by Gasteiger charge is -2.23. The van der Waals surface area contributed by atoms with Crippen LogP contribution in [0.15, 0.2) is 43.0 Å². The van der Waals surface area contributed by atoms with Gasteiger partial charge in [-0.15, -0.1) is 36.5 Å². The molecule has 172 valence electrons. The largest absolute Gasteiger partial charge is 0.481 e. The third-order valence-electron chi connectivity index (χ3n) is 6.03. The number of halogens is 2. The van der Waals surface area contributed by atoms with Crippen LogP contribution in [0.25, 0.3) is 11.0 Å². The first-order valence-electron chi connectivity index (χ1n) is 10.6. The predicted molar refractivity (Wildman–Crippen MR) is 132 cm³/mol. The van der Waals surface area contributed by atoms with Gasteiger partial charge in [-0.3, -0.25) is 4.79 Å². The lowest BCUT2D eigenvalue weighted by Crippen LogP contribution is -2.24. The number of nitrogens with zero attached hydrogens (tertiary/aromatic N) is 3. The van der Waals surface area contributed by atoms with E-state index in [9.17, 15) is 9.90 Å². The number of benzene rings is 2. The number of aryl methyl sites for hydroxylation is 2. The van der Waals surface area contributed by atoms with Gasteiger partial charge in [-0.25, -0.2) is 4.68 Å². The highest BCUT2D eigenvalue weighted by atomic mass is 35.5. The van der Waals surface area contributed by atoms with Gasteiger partial charge in [0, 0.05) is 19.0 Å². The van der Waals surface area contributed by atoms with Gasteiger partial charge in [-0.1, -0.05) is 35.6 Å². The van der Waals surface area contributed by atoms with Crippen molar-refractivity contribution in [1.82, 2.24) is 20.3 Å². The number of carbonyl (C=O) groups is 1. The fourth-order valence-corrected chi connectivity index (χ4v) is 4.41. The Bertz CT molecular complexity index is 1100. The van der Waals surface area contributed by atoms with Gasteiger partial charge >= 0.3 is 5.97 Å². The van der Waals surface area contributed by atoms with E-state index in [0.29, 0.717) is 0 Å². The van der Waals surface area contributed by atoms with Gasteiger partial charge in [-0.05, 0) is 66.6 Å². The number of unbranched alkanes of at least 4 members (excludes halogenated alkanes) is 1. The zero-order chi connectivity index (χ0) is 21.1. The Balaban J connectivity index is 0.00000181. The predicted octanol–water partition coefficient (Wildman–Crippen LogP) is 4.80. The van der Waals surface area contributed by atoms with Crippen molar-refractivity contribution in [3.63, 3.8) is 0 Å². The van der Waals surface area contributed by atoms with Crippen LogP contribution in [0.1, 0.15) is 53.0 Å². The second-order valence-corrected chi connectivity index (χ2v) is 8.00. The van der Waals surface area contributed by atoms with Gasteiger partial charge < -0.3 is 10.4 Å². The number of allylic oxidation sites excluding steroid dienone is 1. The average molecular weight is 477 g/mol. The lowest BCUT2D eigenvalue weighted by atomic mass is 9.83. The summed E-state index contributed by atoms with van der Waals surface area (Å²) in [7, 11) is 0. The molecule has 1 atom stereocenters. The maximum Gasteiger partial charge on any atom is 0.304 e. The molecule has 3 aromatic rings. The number of aliphatic carboxylic acids is 1. The van der Waals surface area contributed by atoms with Crippen molar-refractivity contribution >= 4 is 41.8 Å². The molecule has 2 heterocycles. The van der Waals surface area contributed by atoms with Crippen LogP contribution in [-0.4, -0.2) is 32.6 Å². The first-order chi connectivity index (χ1) is 14.6. The van der Waals surface area contributed by atoms with Crippen molar-refractivity contribution in [3.05, 3.63) is 70.8 Å². The van der Waals surface area contributed by atoms with E-state index in [2.05, 4.69) is 46.5 Å². The number of aromatic nitrogens is 3. The molecule has 0 fully saturated rings. The normalized spacial score (nSPS) is 13.5. The number of hydrogen-bond acceptors (Lipinski definition) is 4. The summed E-state index contributed by atoms with van der Waals surface area (Å²) < 4.78 is 1.92. The number of rotatable bonds is 8. The van der Waals surface area contributed by atoms with Crippen molar-refractivity contribution in [2.45, 2.75) is 51.6 Å². The van der Waals surface area contributed by atoms with Crippen LogP contribution in [0.4, 0.5) is 0 Å². The van der Waals surface area contributed by atoms with E-state index in [4.69, 9.17) is 0 Å². The van der Waals surface area contributed by atoms with Gasteiger partial charge in [0.05, 0.1) is 11.9 Å². The number of carboxylic acids is 1. The maximum atomic E-state index is 11.7. The molecule has 6 nitrogen and oxygen atoms in total. The van der Waals surface area contributed by atoms with E-state index in [1.807, 2.05) is 23.7 Å². The average Bonchev–Trinajstić information content (AvgIpc) is 3.16. The second kappa shape index (κ2) is 11.5. The Morgan fingerprint density at radius 2 is 2.09 bits per heavy atom. The van der Waals surface area contributed by atoms with E-state index in [1.54, 1.807) is 0 Å². The monoisotopic (exact) mass is 476 g/mol. The number of fused-ring (bicyclic) bond motifs is 2. The summed E-state index contributed by atoms with van der Waals surface area (Å²) in [4.78, 5) is 11.7. The minimum Gasteiger partial charge on any atom is -0.481 e. The van der Waals surface area contributed by atoms with Crippen molar-refractivity contribution in [2.24, 2.45) is 0 Å². The Kier molecular flexibility index (Phi) is 9.25. The van der Waals surface area contributed by atoms with Crippen molar-refractivity contribution < 1.29 is 9.90 Å². The van der Waals surface area contributed by atoms with E-state index < -0.39 is 5.97 Å². The summed E-state index contributed by atoms with van der Waals surface area (Å²) in [6, 6.07) is 10.5. The van der Waals surface area contributed by atoms with Gasteiger partial charge in [0.2, 0.25) is 0 Å². The summed E-state index contributed by atoms with van der Waals surface area (Å²) >= 11 is 0. The molecule has 0 bridgehead atoms. The molecular formula is C24H30Cl2N4O2. The smallest absolute Gasteiger partial charge is 0.304 e. The fourth-order valence-electron chi connectivity index (χ4n) is 4.41. The Morgan fingerprint density at radius 3 is 2.84 bits per heavy atom. The molecule has 0 saturated heterocycles. The summed E-state index contributed by atoms with van der Waals surface area (Å²) in [5, 5.41) is 21.8. The maximum absolute atomic E-state index is 11.7. The molecular weight excluding hydrogens is 447 g/mol. The number of hydrogen-bond donors (Lipinski definition) is 2. The first kappa shape index (κ1) is 25.8. The summed E-state index contributed by atoms with van der Waals surface area (Å²) in [5.41, 5.74) is 7.50. The Hall–Kier alpha value is -2.41. The lowest BCUT2D eigenvalue weighted by molar-refractivity contribution is -0.137. The molecule has 32 heavy (non-hydrogen) atoms. The first-order valence-corrected chi connectivity index (χ1v) is 10.6. The molecule has 1 aliphatic rings. The van der Waals surface area contributed by atoms with Crippen LogP contribution in [0.5, 0.6) is 0 Å². The standard InChI is InChI=1S/C24H28N4O2.2ClH/c1-3-4-5-12-28-22-9-8-20(16(2)24(22)26-27-28)21(14-23(29)30)18-7-6-17-10-11-25-15-19(17)13-18;;/h3,6-9,13,21,25H,1,4-5,10-12,14-15H2,2H3,(H,29,30);2*1H. The molecule has 8 heteroatoms. The summed E-state index contributed by atoms with van der Waals surface area (Å²) in [5.74, 6) is -1.02. The fraction of sp³-hybridized carbons (Fsp3) is 0.375. The zero-order valence-electron chi connectivity index (χ0n) is 18.2. The molecule has 0 radical (unpaired) electrons. The van der Waals surface area contributed by atoms with Crippen molar-refractivity contribution in [1.29, 1.82) is 0 Å². The Morgan fingerprint density at radius 1 is 1.28 bits per heavy atom. The highest BCUT2D eigenvalue weighted by Crippen LogP contribution is 2.34. The molecule has 0 saturated carbocycles. The topological polar surface area (TPSA) is 80.0 Å². The van der Waals surface area contributed by atoms with Gasteiger partial charge in [0.25, 0.3) is 0 Å². The van der Waals surface area contributed by atoms with Gasteiger partial charge in [0.1, 0.15) is 5.52 Å². The minimum atomic E-state index is -0.802. The van der Waals surface area contributed by atoms with Crippen molar-refractivity contribution in [3.8, 4) is 0 Å². The highest BCUT2D eigenvalue weighted by Gasteiger charge is 2.23. The molecule has 0 amide bonds. The molecule has 1 aliphatic heterocycles. The molecule has 1 unspecified atom stereocenters. The van der Waals surface area contributed by atoms with E-state index >= 15 is 0 Å². The molecule has 2 aromatic carbocycles. The molecule has 4 rings (SSSR count). The molecule has 1 aromatic heterocycles. The van der Waals surface area contributed by atoms with Crippen LogP contribution in [0.3, 0.4) is 0 Å². The SMILES string of the molecule is C=CCCCn1nnc2c(C)c(C(CC(=O)O)c3ccc4c(c3)CNCC4)ccc21.Cl.Cl. The third-order valence-corrected chi connectivity index (χ3v) is 6.03. The van der Waals surface area contributed by atoms with E-state index in [-0.39, 0.29) is 37.2 Å². The van der Waals surface area contributed by atoms with E-state index in [0.717, 1.165) is 66.6 Å². The quantitative estimate of drug-likeness (QED) is 0.360.